The van der Waals surface area contributed by atoms with Gasteiger partial charge in [-0.25, -0.2) is 0 Å². The summed E-state index contributed by atoms with van der Waals surface area (Å²) in [6.45, 7) is 6.63. The van der Waals surface area contributed by atoms with E-state index in [0.29, 0.717) is 24.8 Å². The number of anilines is 1. The molecule has 1 aliphatic rings. The highest BCUT2D eigenvalue weighted by molar-refractivity contribution is 7.13. The van der Waals surface area contributed by atoms with E-state index in [2.05, 4.69) is 52.5 Å². The number of ether oxygens (including phenoxy) is 1. The number of morpholine rings is 1. The quantitative estimate of drug-likeness (QED) is 0.929. The van der Waals surface area contributed by atoms with Gasteiger partial charge in [-0.2, -0.15) is 0 Å². The Balaban J connectivity index is 1.60. The third-order valence-electron chi connectivity index (χ3n) is 3.90. The Kier molecular flexibility index (Phi) is 5.00. The molecule has 1 atom stereocenters. The van der Waals surface area contributed by atoms with Gasteiger partial charge in [0.05, 0.1) is 19.3 Å². The molecule has 0 bridgehead atoms. The Morgan fingerprint density at radius 3 is 3.09 bits per heavy atom. The minimum Gasteiger partial charge on any atom is -0.371 e. The molecule has 0 radical (unpaired) electrons. The largest absolute Gasteiger partial charge is 0.371 e. The van der Waals surface area contributed by atoms with Crippen LogP contribution in [-0.2, 0) is 9.53 Å². The molecule has 1 aromatic carbocycles. The number of nitrogens with zero attached hydrogens (tertiary/aromatic N) is 3. The summed E-state index contributed by atoms with van der Waals surface area (Å²) in [6, 6.07) is 6.40. The average Bonchev–Trinajstić information content (AvgIpc) is 3.00. The van der Waals surface area contributed by atoms with Crippen molar-refractivity contribution in [3.8, 4) is 0 Å². The molecular weight excluding hydrogens is 312 g/mol. The van der Waals surface area contributed by atoms with Crippen molar-refractivity contribution in [1.82, 2.24) is 15.1 Å². The van der Waals surface area contributed by atoms with Crippen molar-refractivity contribution in [2.24, 2.45) is 0 Å². The van der Waals surface area contributed by atoms with Crippen molar-refractivity contribution in [2.75, 3.05) is 31.6 Å². The van der Waals surface area contributed by atoms with Crippen molar-refractivity contribution in [1.29, 1.82) is 0 Å². The molecule has 1 aliphatic heterocycles. The molecule has 2 aromatic rings. The maximum atomic E-state index is 12.1. The van der Waals surface area contributed by atoms with E-state index in [0.717, 1.165) is 6.54 Å². The average molecular weight is 332 g/mol. The van der Waals surface area contributed by atoms with Gasteiger partial charge in [-0.3, -0.25) is 15.0 Å². The number of hydrogen-bond acceptors (Lipinski definition) is 6. The van der Waals surface area contributed by atoms with Crippen molar-refractivity contribution in [3.63, 3.8) is 0 Å². The number of amides is 1. The Morgan fingerprint density at radius 1 is 1.48 bits per heavy atom. The number of rotatable bonds is 4. The number of aryl methyl sites for hydroxylation is 2. The molecule has 7 heteroatoms. The summed E-state index contributed by atoms with van der Waals surface area (Å²) in [5, 5.41) is 10.8. The fourth-order valence-corrected chi connectivity index (χ4v) is 3.27. The third-order valence-corrected chi connectivity index (χ3v) is 4.50. The molecule has 0 saturated carbocycles. The summed E-state index contributed by atoms with van der Waals surface area (Å²) >= 11 is 1.32. The van der Waals surface area contributed by atoms with Gasteiger partial charge in [0.25, 0.3) is 0 Å². The van der Waals surface area contributed by atoms with Gasteiger partial charge in [0.1, 0.15) is 5.51 Å². The Hall–Kier alpha value is -1.83. The third kappa shape index (κ3) is 4.13. The molecule has 1 saturated heterocycles. The summed E-state index contributed by atoms with van der Waals surface area (Å²) in [6.07, 6.45) is 0.0127. The van der Waals surface area contributed by atoms with Gasteiger partial charge in [-0.05, 0) is 25.0 Å². The second kappa shape index (κ2) is 7.16. The Labute approximate surface area is 139 Å². The van der Waals surface area contributed by atoms with E-state index in [4.69, 9.17) is 4.74 Å². The van der Waals surface area contributed by atoms with Crippen LogP contribution in [0.15, 0.2) is 23.7 Å². The molecule has 1 fully saturated rings. The normalized spacial score (nSPS) is 18.8. The van der Waals surface area contributed by atoms with Gasteiger partial charge in [0.15, 0.2) is 0 Å². The lowest BCUT2D eigenvalue weighted by molar-refractivity contribution is -0.119. The van der Waals surface area contributed by atoms with Crippen LogP contribution in [0.5, 0.6) is 0 Å². The van der Waals surface area contributed by atoms with Gasteiger partial charge in [-0.15, -0.1) is 10.2 Å². The highest BCUT2D eigenvalue weighted by Crippen LogP contribution is 2.25. The van der Waals surface area contributed by atoms with Crippen LogP contribution in [0.2, 0.25) is 0 Å². The standard InChI is InChI=1S/C16H20N4O2S/c1-11-3-4-13(12(2)7-11)14-8-20(5-6-22-14)9-15(21)18-16-19-17-10-23-16/h3-4,7,10,14H,5-6,8-9H2,1-2H3,(H,18,19,21)/t14-/m0/s1. The van der Waals surface area contributed by atoms with Gasteiger partial charge in [0.2, 0.25) is 11.0 Å². The first-order valence-corrected chi connectivity index (χ1v) is 8.47. The van der Waals surface area contributed by atoms with Crippen molar-refractivity contribution in [2.45, 2.75) is 20.0 Å². The maximum absolute atomic E-state index is 12.1. The topological polar surface area (TPSA) is 67.4 Å². The molecule has 122 valence electrons. The van der Waals surface area contributed by atoms with Gasteiger partial charge >= 0.3 is 0 Å². The molecule has 0 spiro atoms. The minimum atomic E-state index is -0.0666. The van der Waals surface area contributed by atoms with E-state index < -0.39 is 0 Å². The van der Waals surface area contributed by atoms with E-state index in [1.54, 1.807) is 5.51 Å². The van der Waals surface area contributed by atoms with Crippen LogP contribution in [0, 0.1) is 13.8 Å². The van der Waals surface area contributed by atoms with Crippen molar-refractivity contribution >= 4 is 22.4 Å². The van der Waals surface area contributed by atoms with Crippen LogP contribution in [0.4, 0.5) is 5.13 Å². The summed E-state index contributed by atoms with van der Waals surface area (Å²) in [5.41, 5.74) is 5.27. The lowest BCUT2D eigenvalue weighted by atomic mass is 10.00. The number of aromatic nitrogens is 2. The van der Waals surface area contributed by atoms with Gasteiger partial charge < -0.3 is 4.74 Å². The van der Waals surface area contributed by atoms with Gasteiger partial charge in [0, 0.05) is 13.1 Å². The van der Waals surface area contributed by atoms with Crippen LogP contribution in [0.25, 0.3) is 0 Å². The first-order valence-electron chi connectivity index (χ1n) is 7.59. The minimum absolute atomic E-state index is 0.0127. The summed E-state index contributed by atoms with van der Waals surface area (Å²) in [4.78, 5) is 14.2. The SMILES string of the molecule is Cc1ccc([C@@H]2CN(CC(=O)Nc3nncs3)CCO2)c(C)c1. The van der Waals surface area contributed by atoms with Crippen molar-refractivity contribution in [3.05, 3.63) is 40.4 Å². The predicted molar refractivity (Wildman–Crippen MR) is 89.6 cm³/mol. The fraction of sp³-hybridized carbons (Fsp3) is 0.438. The van der Waals surface area contributed by atoms with Crippen LogP contribution in [-0.4, -0.2) is 47.2 Å². The molecule has 1 N–H and O–H groups in total. The first kappa shape index (κ1) is 16.0. The zero-order chi connectivity index (χ0) is 16.2. The Bertz CT molecular complexity index is 675. The van der Waals surface area contributed by atoms with E-state index in [9.17, 15) is 4.79 Å². The van der Waals surface area contributed by atoms with Crippen LogP contribution >= 0.6 is 11.3 Å². The zero-order valence-corrected chi connectivity index (χ0v) is 14.1. The number of benzene rings is 1. The van der Waals surface area contributed by atoms with Gasteiger partial charge in [-0.1, -0.05) is 35.1 Å². The van der Waals surface area contributed by atoms with E-state index in [-0.39, 0.29) is 12.0 Å². The fourth-order valence-electron chi connectivity index (χ4n) is 2.81. The van der Waals surface area contributed by atoms with E-state index in [1.165, 1.54) is 28.0 Å². The number of nitrogens with one attached hydrogen (secondary N) is 1. The highest BCUT2D eigenvalue weighted by atomic mass is 32.1. The molecule has 1 aromatic heterocycles. The van der Waals surface area contributed by atoms with Crippen molar-refractivity contribution < 1.29 is 9.53 Å². The monoisotopic (exact) mass is 332 g/mol. The smallest absolute Gasteiger partial charge is 0.240 e. The maximum Gasteiger partial charge on any atom is 0.240 e. The van der Waals surface area contributed by atoms with E-state index in [1.807, 2.05) is 0 Å². The predicted octanol–water partition coefficient (Wildman–Crippen LogP) is 2.17. The molecular formula is C16H20N4O2S. The summed E-state index contributed by atoms with van der Waals surface area (Å²) in [7, 11) is 0. The zero-order valence-electron chi connectivity index (χ0n) is 13.3. The summed E-state index contributed by atoms with van der Waals surface area (Å²) < 4.78 is 5.91. The molecule has 0 aliphatic carbocycles. The number of hydrogen-bond donors (Lipinski definition) is 1. The molecule has 23 heavy (non-hydrogen) atoms. The lowest BCUT2D eigenvalue weighted by Crippen LogP contribution is -2.42. The molecule has 6 nitrogen and oxygen atoms in total. The molecule has 1 amide bonds. The number of carbonyl (C=O) groups excluding carboxylic acids is 1. The summed E-state index contributed by atoms with van der Waals surface area (Å²) in [5.74, 6) is -0.0666. The van der Waals surface area contributed by atoms with E-state index >= 15 is 0 Å². The number of carbonyl (C=O) groups is 1. The van der Waals surface area contributed by atoms with Crippen LogP contribution in [0.3, 0.4) is 0 Å². The molecule has 3 rings (SSSR count). The molecule has 2 heterocycles. The Morgan fingerprint density at radius 2 is 2.35 bits per heavy atom. The lowest BCUT2D eigenvalue weighted by Gasteiger charge is -2.33. The first-order chi connectivity index (χ1) is 11.1. The second-order valence-corrected chi connectivity index (χ2v) is 6.58. The van der Waals surface area contributed by atoms with Crippen LogP contribution < -0.4 is 5.32 Å². The molecule has 0 unspecified atom stereocenters. The second-order valence-electron chi connectivity index (χ2n) is 5.75. The van der Waals surface area contributed by atoms with Crippen LogP contribution in [0.1, 0.15) is 22.8 Å². The highest BCUT2D eigenvalue weighted by Gasteiger charge is 2.24.